The molecule has 116 valence electrons. The number of nitrogens with one attached hydrogen (secondary N) is 1. The minimum atomic E-state index is 0.0483. The van der Waals surface area contributed by atoms with Gasteiger partial charge in [-0.3, -0.25) is 4.79 Å². The molecule has 0 saturated heterocycles. The Hall–Kier alpha value is -1.74. The van der Waals surface area contributed by atoms with Gasteiger partial charge in [-0.25, -0.2) is 0 Å². The number of amides is 1. The second-order valence-electron chi connectivity index (χ2n) is 5.62. The maximum atomic E-state index is 12.0. The van der Waals surface area contributed by atoms with Crippen LogP contribution in [0.5, 0.6) is 0 Å². The van der Waals surface area contributed by atoms with Crippen molar-refractivity contribution in [2.45, 2.75) is 32.6 Å². The highest BCUT2D eigenvalue weighted by Crippen LogP contribution is 2.17. The lowest BCUT2D eigenvalue weighted by molar-refractivity contribution is -0.119. The topological polar surface area (TPSA) is 29.1 Å². The Bertz CT molecular complexity index is 622. The van der Waals surface area contributed by atoms with Gasteiger partial charge in [0.15, 0.2) is 0 Å². The molecule has 2 aromatic carbocycles. The number of carbonyl (C=O) groups is 1. The van der Waals surface area contributed by atoms with Crippen LogP contribution in [0.25, 0.3) is 0 Å². The van der Waals surface area contributed by atoms with Crippen molar-refractivity contribution >= 4 is 17.7 Å². The summed E-state index contributed by atoms with van der Waals surface area (Å²) in [6.07, 6.45) is 0. The lowest BCUT2D eigenvalue weighted by Gasteiger charge is -2.14. The van der Waals surface area contributed by atoms with E-state index >= 15 is 0 Å². The summed E-state index contributed by atoms with van der Waals surface area (Å²) in [7, 11) is 0. The molecule has 0 saturated carbocycles. The van der Waals surface area contributed by atoms with Gasteiger partial charge in [0, 0.05) is 5.75 Å². The molecule has 1 amide bonds. The highest BCUT2D eigenvalue weighted by Gasteiger charge is 2.09. The van der Waals surface area contributed by atoms with Gasteiger partial charge in [-0.1, -0.05) is 54.1 Å². The van der Waals surface area contributed by atoms with Crippen molar-refractivity contribution in [3.05, 3.63) is 70.8 Å². The summed E-state index contributed by atoms with van der Waals surface area (Å²) in [6, 6.07) is 16.6. The van der Waals surface area contributed by atoms with Gasteiger partial charge in [0.2, 0.25) is 5.91 Å². The van der Waals surface area contributed by atoms with E-state index in [-0.39, 0.29) is 11.9 Å². The van der Waals surface area contributed by atoms with Crippen molar-refractivity contribution < 1.29 is 4.79 Å². The molecule has 0 aromatic heterocycles. The van der Waals surface area contributed by atoms with Crippen LogP contribution in [0.1, 0.15) is 35.2 Å². The van der Waals surface area contributed by atoms with Crippen LogP contribution in [0, 0.1) is 13.8 Å². The SMILES string of the molecule is Cc1ccc(C(C)NC(=O)CSCc2ccccc2C)cc1. The molecule has 1 unspecified atom stereocenters. The maximum Gasteiger partial charge on any atom is 0.230 e. The molecule has 0 aliphatic rings. The fourth-order valence-corrected chi connectivity index (χ4v) is 3.16. The summed E-state index contributed by atoms with van der Waals surface area (Å²) in [4.78, 5) is 12.0. The number of thioether (sulfide) groups is 1. The molecule has 0 aliphatic carbocycles. The average Bonchev–Trinajstić information content (AvgIpc) is 2.50. The summed E-state index contributed by atoms with van der Waals surface area (Å²) in [5.41, 5.74) is 4.95. The second kappa shape index (κ2) is 8.04. The molecular formula is C19H23NOS. The Kier molecular flexibility index (Phi) is 6.08. The summed E-state index contributed by atoms with van der Waals surface area (Å²) in [5, 5.41) is 3.06. The van der Waals surface area contributed by atoms with Gasteiger partial charge in [-0.15, -0.1) is 11.8 Å². The van der Waals surface area contributed by atoms with E-state index in [0.29, 0.717) is 5.75 Å². The molecule has 3 heteroatoms. The highest BCUT2D eigenvalue weighted by molar-refractivity contribution is 7.99. The van der Waals surface area contributed by atoms with Crippen LogP contribution in [-0.2, 0) is 10.5 Å². The van der Waals surface area contributed by atoms with Crippen molar-refractivity contribution in [3.63, 3.8) is 0 Å². The minimum Gasteiger partial charge on any atom is -0.349 e. The first-order chi connectivity index (χ1) is 10.6. The van der Waals surface area contributed by atoms with Gasteiger partial charge in [0.1, 0.15) is 0 Å². The van der Waals surface area contributed by atoms with Crippen LogP contribution in [0.3, 0.4) is 0 Å². The van der Waals surface area contributed by atoms with E-state index in [9.17, 15) is 4.79 Å². The third kappa shape index (κ3) is 4.92. The first kappa shape index (κ1) is 16.6. The number of rotatable bonds is 6. The maximum absolute atomic E-state index is 12.0. The van der Waals surface area contributed by atoms with Gasteiger partial charge in [0.05, 0.1) is 11.8 Å². The quantitative estimate of drug-likeness (QED) is 0.855. The number of benzene rings is 2. The fourth-order valence-electron chi connectivity index (χ4n) is 2.25. The average molecular weight is 313 g/mol. The van der Waals surface area contributed by atoms with E-state index in [0.717, 1.165) is 11.3 Å². The van der Waals surface area contributed by atoms with Gasteiger partial charge < -0.3 is 5.32 Å². The molecule has 2 nitrogen and oxygen atoms in total. The normalized spacial score (nSPS) is 12.0. The minimum absolute atomic E-state index is 0.0483. The van der Waals surface area contributed by atoms with Gasteiger partial charge in [0.25, 0.3) is 0 Å². The van der Waals surface area contributed by atoms with Crippen molar-refractivity contribution in [3.8, 4) is 0 Å². The van der Waals surface area contributed by atoms with E-state index in [4.69, 9.17) is 0 Å². The lowest BCUT2D eigenvalue weighted by Crippen LogP contribution is -2.28. The number of hydrogen-bond acceptors (Lipinski definition) is 2. The van der Waals surface area contributed by atoms with Crippen LogP contribution in [0.2, 0.25) is 0 Å². The molecule has 1 atom stereocenters. The number of carbonyl (C=O) groups excluding carboxylic acids is 1. The van der Waals surface area contributed by atoms with E-state index in [1.807, 2.05) is 19.1 Å². The third-order valence-corrected chi connectivity index (χ3v) is 4.69. The number of aryl methyl sites for hydroxylation is 2. The zero-order valence-electron chi connectivity index (χ0n) is 13.4. The molecule has 2 aromatic rings. The molecule has 22 heavy (non-hydrogen) atoms. The molecule has 0 heterocycles. The van der Waals surface area contributed by atoms with Gasteiger partial charge in [-0.05, 0) is 37.5 Å². The smallest absolute Gasteiger partial charge is 0.230 e. The van der Waals surface area contributed by atoms with Crippen LogP contribution in [0.4, 0.5) is 0 Å². The molecule has 0 aliphatic heterocycles. The predicted molar refractivity (Wildman–Crippen MR) is 95.1 cm³/mol. The standard InChI is InChI=1S/C19H23NOS/c1-14-8-10-17(11-9-14)16(3)20-19(21)13-22-12-18-7-5-4-6-15(18)2/h4-11,16H,12-13H2,1-3H3,(H,20,21). The van der Waals surface area contributed by atoms with Crippen molar-refractivity contribution in [1.82, 2.24) is 5.32 Å². The largest absolute Gasteiger partial charge is 0.349 e. The highest BCUT2D eigenvalue weighted by atomic mass is 32.2. The van der Waals surface area contributed by atoms with E-state index in [1.54, 1.807) is 11.8 Å². The van der Waals surface area contributed by atoms with Gasteiger partial charge in [-0.2, -0.15) is 0 Å². The Balaban J connectivity index is 1.78. The zero-order chi connectivity index (χ0) is 15.9. The molecule has 1 N–H and O–H groups in total. The second-order valence-corrected chi connectivity index (χ2v) is 6.60. The van der Waals surface area contributed by atoms with E-state index in [1.165, 1.54) is 16.7 Å². The predicted octanol–water partition coefficient (Wildman–Crippen LogP) is 4.41. The molecule has 0 fully saturated rings. The fraction of sp³-hybridized carbons (Fsp3) is 0.316. The summed E-state index contributed by atoms with van der Waals surface area (Å²) in [5.74, 6) is 1.45. The first-order valence-electron chi connectivity index (χ1n) is 7.54. The van der Waals surface area contributed by atoms with Crippen LogP contribution in [0.15, 0.2) is 48.5 Å². The molecule has 0 radical (unpaired) electrons. The first-order valence-corrected chi connectivity index (χ1v) is 8.70. The van der Waals surface area contributed by atoms with Crippen LogP contribution in [-0.4, -0.2) is 11.7 Å². The van der Waals surface area contributed by atoms with Gasteiger partial charge >= 0.3 is 0 Å². The van der Waals surface area contributed by atoms with Crippen molar-refractivity contribution in [1.29, 1.82) is 0 Å². The lowest BCUT2D eigenvalue weighted by atomic mass is 10.1. The molecular weight excluding hydrogens is 290 g/mol. The Labute approximate surface area is 137 Å². The molecule has 2 rings (SSSR count). The Morgan fingerprint density at radius 1 is 1.09 bits per heavy atom. The van der Waals surface area contributed by atoms with E-state index in [2.05, 4.69) is 55.6 Å². The van der Waals surface area contributed by atoms with Crippen molar-refractivity contribution in [2.75, 3.05) is 5.75 Å². The van der Waals surface area contributed by atoms with Crippen LogP contribution >= 0.6 is 11.8 Å². The summed E-state index contributed by atoms with van der Waals surface area (Å²) in [6.45, 7) is 6.19. The third-order valence-electron chi connectivity index (χ3n) is 3.71. The monoisotopic (exact) mass is 313 g/mol. The Morgan fingerprint density at radius 3 is 2.45 bits per heavy atom. The molecule has 0 bridgehead atoms. The zero-order valence-corrected chi connectivity index (χ0v) is 14.2. The van der Waals surface area contributed by atoms with Crippen molar-refractivity contribution in [2.24, 2.45) is 0 Å². The summed E-state index contributed by atoms with van der Waals surface area (Å²) < 4.78 is 0. The number of hydrogen-bond donors (Lipinski definition) is 1. The van der Waals surface area contributed by atoms with E-state index < -0.39 is 0 Å². The Morgan fingerprint density at radius 2 is 1.77 bits per heavy atom. The van der Waals surface area contributed by atoms with Crippen LogP contribution < -0.4 is 5.32 Å². The molecule has 0 spiro atoms. The summed E-state index contributed by atoms with van der Waals surface area (Å²) >= 11 is 1.66.